The summed E-state index contributed by atoms with van der Waals surface area (Å²) in [6, 6.07) is 7.24. The SMILES string of the molecule is CCC[C@@H]1C[C@H](C)c2cc(N3CCNCC3)ccc21. The minimum Gasteiger partial charge on any atom is -0.369 e. The maximum atomic E-state index is 3.43. The van der Waals surface area contributed by atoms with Crippen molar-refractivity contribution in [3.63, 3.8) is 0 Å². The van der Waals surface area contributed by atoms with E-state index >= 15 is 0 Å². The van der Waals surface area contributed by atoms with Crippen molar-refractivity contribution < 1.29 is 0 Å². The van der Waals surface area contributed by atoms with E-state index in [4.69, 9.17) is 0 Å². The van der Waals surface area contributed by atoms with Crippen LogP contribution < -0.4 is 10.2 Å². The number of hydrogen-bond acceptors (Lipinski definition) is 2. The van der Waals surface area contributed by atoms with Gasteiger partial charge in [-0.15, -0.1) is 0 Å². The number of piperazine rings is 1. The van der Waals surface area contributed by atoms with Crippen molar-refractivity contribution in [2.75, 3.05) is 31.1 Å². The van der Waals surface area contributed by atoms with Gasteiger partial charge >= 0.3 is 0 Å². The lowest BCUT2D eigenvalue weighted by molar-refractivity contribution is 0.570. The summed E-state index contributed by atoms with van der Waals surface area (Å²) < 4.78 is 0. The Hall–Kier alpha value is -1.02. The van der Waals surface area contributed by atoms with Crippen LogP contribution in [0.3, 0.4) is 0 Å². The third-order valence-electron chi connectivity index (χ3n) is 4.80. The molecule has 1 N–H and O–H groups in total. The lowest BCUT2D eigenvalue weighted by Crippen LogP contribution is -2.43. The van der Waals surface area contributed by atoms with E-state index in [1.54, 1.807) is 11.1 Å². The maximum Gasteiger partial charge on any atom is 0.0370 e. The first-order chi connectivity index (χ1) is 9.29. The van der Waals surface area contributed by atoms with Crippen LogP contribution in [-0.2, 0) is 0 Å². The number of hydrogen-bond donors (Lipinski definition) is 1. The van der Waals surface area contributed by atoms with Gasteiger partial charge in [0, 0.05) is 31.9 Å². The fourth-order valence-electron chi connectivity index (χ4n) is 3.78. The fourth-order valence-corrected chi connectivity index (χ4v) is 3.78. The van der Waals surface area contributed by atoms with Crippen LogP contribution in [0.1, 0.15) is 56.1 Å². The van der Waals surface area contributed by atoms with E-state index in [-0.39, 0.29) is 0 Å². The number of anilines is 1. The van der Waals surface area contributed by atoms with E-state index in [0.29, 0.717) is 0 Å². The molecule has 2 atom stereocenters. The molecular formula is C17H26N2. The van der Waals surface area contributed by atoms with Crippen molar-refractivity contribution >= 4 is 5.69 Å². The standard InChI is InChI=1S/C17H26N2/c1-3-4-14-11-13(2)17-12-15(5-6-16(14)17)19-9-7-18-8-10-19/h5-6,12-14,18H,3-4,7-11H2,1-2H3/t13-,14+/m0/s1. The lowest BCUT2D eigenvalue weighted by atomic mass is 9.96. The van der Waals surface area contributed by atoms with Crippen molar-refractivity contribution in [1.82, 2.24) is 5.32 Å². The molecule has 0 radical (unpaired) electrons. The Kier molecular flexibility index (Phi) is 3.79. The zero-order valence-corrected chi connectivity index (χ0v) is 12.3. The molecular weight excluding hydrogens is 232 g/mol. The highest BCUT2D eigenvalue weighted by atomic mass is 15.2. The van der Waals surface area contributed by atoms with Crippen LogP contribution >= 0.6 is 0 Å². The first-order valence-electron chi connectivity index (χ1n) is 7.89. The number of fused-ring (bicyclic) bond motifs is 1. The molecule has 1 heterocycles. The fraction of sp³-hybridized carbons (Fsp3) is 0.647. The van der Waals surface area contributed by atoms with Crippen molar-refractivity contribution in [1.29, 1.82) is 0 Å². The predicted octanol–water partition coefficient (Wildman–Crippen LogP) is 3.49. The molecule has 1 fully saturated rings. The number of rotatable bonds is 3. The van der Waals surface area contributed by atoms with Gasteiger partial charge in [-0.1, -0.05) is 26.3 Å². The third-order valence-corrected chi connectivity index (χ3v) is 4.80. The molecule has 0 amide bonds. The molecule has 1 aromatic carbocycles. The zero-order valence-electron chi connectivity index (χ0n) is 12.3. The van der Waals surface area contributed by atoms with Gasteiger partial charge in [-0.2, -0.15) is 0 Å². The van der Waals surface area contributed by atoms with E-state index in [2.05, 4.69) is 42.3 Å². The van der Waals surface area contributed by atoms with Crippen LogP contribution in [-0.4, -0.2) is 26.2 Å². The molecule has 19 heavy (non-hydrogen) atoms. The van der Waals surface area contributed by atoms with Gasteiger partial charge in [-0.3, -0.25) is 0 Å². The van der Waals surface area contributed by atoms with Gasteiger partial charge in [-0.05, 0) is 47.9 Å². The molecule has 2 nitrogen and oxygen atoms in total. The van der Waals surface area contributed by atoms with Gasteiger partial charge in [0.2, 0.25) is 0 Å². The molecule has 0 bridgehead atoms. The zero-order chi connectivity index (χ0) is 13.2. The Morgan fingerprint density at radius 3 is 2.74 bits per heavy atom. The second-order valence-electron chi connectivity index (χ2n) is 6.17. The van der Waals surface area contributed by atoms with E-state index in [9.17, 15) is 0 Å². The molecule has 0 unspecified atom stereocenters. The Labute approximate surface area is 117 Å². The molecule has 1 aliphatic carbocycles. The smallest absolute Gasteiger partial charge is 0.0370 e. The predicted molar refractivity (Wildman–Crippen MR) is 82.2 cm³/mol. The summed E-state index contributed by atoms with van der Waals surface area (Å²) in [4.78, 5) is 2.52. The summed E-state index contributed by atoms with van der Waals surface area (Å²) in [6.07, 6.45) is 4.01. The topological polar surface area (TPSA) is 15.3 Å². The molecule has 2 aliphatic rings. The van der Waals surface area contributed by atoms with Gasteiger partial charge < -0.3 is 10.2 Å². The Morgan fingerprint density at radius 2 is 2.00 bits per heavy atom. The highest BCUT2D eigenvalue weighted by Crippen LogP contribution is 2.44. The van der Waals surface area contributed by atoms with Crippen LogP contribution in [0.25, 0.3) is 0 Å². The molecule has 0 aromatic heterocycles. The normalized spacial score (nSPS) is 26.5. The summed E-state index contributed by atoms with van der Waals surface area (Å²) in [5, 5.41) is 3.43. The van der Waals surface area contributed by atoms with Crippen LogP contribution in [0.5, 0.6) is 0 Å². The monoisotopic (exact) mass is 258 g/mol. The van der Waals surface area contributed by atoms with Crippen LogP contribution in [0, 0.1) is 0 Å². The highest BCUT2D eigenvalue weighted by Gasteiger charge is 2.28. The Balaban J connectivity index is 1.85. The van der Waals surface area contributed by atoms with Gasteiger partial charge in [0.25, 0.3) is 0 Å². The van der Waals surface area contributed by atoms with E-state index < -0.39 is 0 Å². The second kappa shape index (κ2) is 5.54. The number of benzene rings is 1. The summed E-state index contributed by atoms with van der Waals surface area (Å²) in [5.41, 5.74) is 4.69. The first kappa shape index (κ1) is 13.0. The maximum absolute atomic E-state index is 3.43. The number of nitrogens with one attached hydrogen (secondary N) is 1. The van der Waals surface area contributed by atoms with Crippen molar-refractivity contribution in [2.45, 2.75) is 44.9 Å². The molecule has 1 aromatic rings. The molecule has 104 valence electrons. The van der Waals surface area contributed by atoms with Crippen LogP contribution in [0.15, 0.2) is 18.2 Å². The van der Waals surface area contributed by atoms with Gasteiger partial charge in [-0.25, -0.2) is 0 Å². The quantitative estimate of drug-likeness (QED) is 0.893. The minimum absolute atomic E-state index is 0.745. The average Bonchev–Trinajstić information content (AvgIpc) is 2.77. The number of nitrogens with zero attached hydrogens (tertiary/aromatic N) is 1. The lowest BCUT2D eigenvalue weighted by Gasteiger charge is -2.30. The minimum atomic E-state index is 0.745. The van der Waals surface area contributed by atoms with Gasteiger partial charge in [0.05, 0.1) is 0 Å². The first-order valence-corrected chi connectivity index (χ1v) is 7.89. The molecule has 1 saturated heterocycles. The molecule has 1 aliphatic heterocycles. The van der Waals surface area contributed by atoms with Crippen molar-refractivity contribution in [3.05, 3.63) is 29.3 Å². The second-order valence-corrected chi connectivity index (χ2v) is 6.17. The van der Waals surface area contributed by atoms with Gasteiger partial charge in [0.15, 0.2) is 0 Å². The molecule has 2 heteroatoms. The van der Waals surface area contributed by atoms with Gasteiger partial charge in [0.1, 0.15) is 0 Å². The Bertz CT molecular complexity index is 435. The van der Waals surface area contributed by atoms with Crippen LogP contribution in [0.4, 0.5) is 5.69 Å². The summed E-state index contributed by atoms with van der Waals surface area (Å²) in [7, 11) is 0. The van der Waals surface area contributed by atoms with E-state index in [0.717, 1.165) is 38.0 Å². The van der Waals surface area contributed by atoms with E-state index in [1.807, 2.05) is 0 Å². The molecule has 0 spiro atoms. The summed E-state index contributed by atoms with van der Waals surface area (Å²) in [5.74, 6) is 1.56. The molecule has 3 rings (SSSR count). The average molecular weight is 258 g/mol. The van der Waals surface area contributed by atoms with E-state index in [1.165, 1.54) is 24.9 Å². The molecule has 0 saturated carbocycles. The largest absolute Gasteiger partial charge is 0.369 e. The third kappa shape index (κ3) is 2.51. The summed E-state index contributed by atoms with van der Waals surface area (Å²) in [6.45, 7) is 9.22. The van der Waals surface area contributed by atoms with Crippen molar-refractivity contribution in [2.24, 2.45) is 0 Å². The van der Waals surface area contributed by atoms with Crippen molar-refractivity contribution in [3.8, 4) is 0 Å². The van der Waals surface area contributed by atoms with Crippen LogP contribution in [0.2, 0.25) is 0 Å². The Morgan fingerprint density at radius 1 is 1.21 bits per heavy atom. The highest BCUT2D eigenvalue weighted by molar-refractivity contribution is 5.54. The summed E-state index contributed by atoms with van der Waals surface area (Å²) >= 11 is 0.